The molecule has 0 fully saturated rings. The normalized spacial score (nSPS) is 10.5. The maximum Gasteiger partial charge on any atom is 0.0666 e. The molecule has 1 heterocycles. The largest absolute Gasteiger partial charge is 0.319 e. The average molecular weight is 153 g/mol. The molecule has 0 saturated carbocycles. The number of hydrogen-bond acceptors (Lipinski definition) is 2. The highest BCUT2D eigenvalue weighted by atomic mass is 15.2. The van der Waals surface area contributed by atoms with Gasteiger partial charge in [0.25, 0.3) is 0 Å². The van der Waals surface area contributed by atoms with Gasteiger partial charge in [-0.1, -0.05) is 0 Å². The van der Waals surface area contributed by atoms with Gasteiger partial charge in [0, 0.05) is 26.2 Å². The Labute approximate surface area is 67.4 Å². The van der Waals surface area contributed by atoms with Crippen LogP contribution in [0.5, 0.6) is 0 Å². The summed E-state index contributed by atoms with van der Waals surface area (Å²) in [6.45, 7) is 3.09. The van der Waals surface area contributed by atoms with Crippen LogP contribution in [-0.2, 0) is 13.5 Å². The number of aryl methyl sites for hydroxylation is 2. The maximum atomic E-state index is 4.32. The molecule has 1 aromatic heterocycles. The molecule has 0 bridgehead atoms. The van der Waals surface area contributed by atoms with Gasteiger partial charge in [0.05, 0.1) is 5.69 Å². The van der Waals surface area contributed by atoms with Crippen LogP contribution in [-0.4, -0.2) is 23.4 Å². The zero-order valence-corrected chi connectivity index (χ0v) is 7.39. The molecule has 1 rings (SSSR count). The van der Waals surface area contributed by atoms with Crippen molar-refractivity contribution < 1.29 is 0 Å². The molecule has 62 valence electrons. The highest BCUT2D eigenvalue weighted by Gasteiger charge is 2.00. The van der Waals surface area contributed by atoms with Crippen molar-refractivity contribution in [2.75, 3.05) is 13.6 Å². The van der Waals surface area contributed by atoms with E-state index in [4.69, 9.17) is 0 Å². The van der Waals surface area contributed by atoms with Gasteiger partial charge < -0.3 is 5.32 Å². The van der Waals surface area contributed by atoms with E-state index in [-0.39, 0.29) is 0 Å². The van der Waals surface area contributed by atoms with Gasteiger partial charge in [-0.3, -0.25) is 4.68 Å². The fourth-order valence-electron chi connectivity index (χ4n) is 1.14. The first-order valence-corrected chi connectivity index (χ1v) is 3.87. The van der Waals surface area contributed by atoms with Gasteiger partial charge in [-0.2, -0.15) is 5.10 Å². The van der Waals surface area contributed by atoms with Crippen molar-refractivity contribution in [3.8, 4) is 0 Å². The molecule has 0 aromatic carbocycles. The molecule has 0 saturated heterocycles. The first-order valence-electron chi connectivity index (χ1n) is 3.87. The van der Waals surface area contributed by atoms with Gasteiger partial charge in [0.15, 0.2) is 0 Å². The predicted octanol–water partition coefficient (Wildman–Crippen LogP) is 0.490. The Morgan fingerprint density at radius 2 is 2.36 bits per heavy atom. The van der Waals surface area contributed by atoms with Crippen LogP contribution in [0.1, 0.15) is 11.3 Å². The molecule has 0 radical (unpaired) electrons. The zero-order chi connectivity index (χ0) is 8.27. The predicted molar refractivity (Wildman–Crippen MR) is 45.6 cm³/mol. The van der Waals surface area contributed by atoms with Crippen LogP contribution in [0.15, 0.2) is 6.20 Å². The molecule has 11 heavy (non-hydrogen) atoms. The minimum Gasteiger partial charge on any atom is -0.319 e. The second-order valence-corrected chi connectivity index (χ2v) is 2.79. The van der Waals surface area contributed by atoms with E-state index < -0.39 is 0 Å². The minimum atomic E-state index is 0.998. The molecule has 0 aliphatic rings. The first kappa shape index (κ1) is 8.27. The standard InChI is InChI=1S/C8H15N3/c1-7-6-11(3)10-8(7)4-5-9-2/h6,9H,4-5H2,1-3H3. The van der Waals surface area contributed by atoms with Crippen molar-refractivity contribution in [3.63, 3.8) is 0 Å². The van der Waals surface area contributed by atoms with E-state index in [9.17, 15) is 0 Å². The van der Waals surface area contributed by atoms with E-state index >= 15 is 0 Å². The van der Waals surface area contributed by atoms with Crippen LogP contribution in [0.4, 0.5) is 0 Å². The summed E-state index contributed by atoms with van der Waals surface area (Å²) in [5.41, 5.74) is 2.48. The molecule has 0 atom stereocenters. The van der Waals surface area contributed by atoms with Crippen LogP contribution < -0.4 is 5.32 Å². The lowest BCUT2D eigenvalue weighted by Crippen LogP contribution is -2.11. The fraction of sp³-hybridized carbons (Fsp3) is 0.625. The SMILES string of the molecule is CNCCc1nn(C)cc1C. The topological polar surface area (TPSA) is 29.9 Å². The molecule has 1 N–H and O–H groups in total. The molecule has 0 spiro atoms. The number of aromatic nitrogens is 2. The number of hydrogen-bond donors (Lipinski definition) is 1. The average Bonchev–Trinajstić information content (AvgIpc) is 2.26. The molecule has 0 amide bonds. The van der Waals surface area contributed by atoms with Gasteiger partial charge in [-0.15, -0.1) is 0 Å². The van der Waals surface area contributed by atoms with E-state index in [0.717, 1.165) is 13.0 Å². The summed E-state index contributed by atoms with van der Waals surface area (Å²) in [6, 6.07) is 0. The fourth-order valence-corrected chi connectivity index (χ4v) is 1.14. The van der Waals surface area contributed by atoms with Gasteiger partial charge in [0.1, 0.15) is 0 Å². The Kier molecular flexibility index (Phi) is 2.65. The third-order valence-corrected chi connectivity index (χ3v) is 1.73. The number of likely N-dealkylation sites (N-methyl/N-ethyl adjacent to an activating group) is 1. The quantitative estimate of drug-likeness (QED) is 0.685. The summed E-state index contributed by atoms with van der Waals surface area (Å²) < 4.78 is 1.86. The van der Waals surface area contributed by atoms with Crippen molar-refractivity contribution in [3.05, 3.63) is 17.5 Å². The highest BCUT2D eigenvalue weighted by Crippen LogP contribution is 2.03. The lowest BCUT2D eigenvalue weighted by molar-refractivity contribution is 0.716. The summed E-state index contributed by atoms with van der Waals surface area (Å²) in [5.74, 6) is 0. The van der Waals surface area contributed by atoms with Crippen LogP contribution >= 0.6 is 0 Å². The molecule has 0 aliphatic heterocycles. The van der Waals surface area contributed by atoms with Crippen molar-refractivity contribution in [1.29, 1.82) is 0 Å². The maximum absolute atomic E-state index is 4.32. The number of nitrogens with one attached hydrogen (secondary N) is 1. The molecule has 1 aromatic rings. The summed E-state index contributed by atoms with van der Waals surface area (Å²) in [7, 11) is 3.91. The van der Waals surface area contributed by atoms with E-state index in [1.54, 1.807) is 0 Å². The Morgan fingerprint density at radius 1 is 1.64 bits per heavy atom. The van der Waals surface area contributed by atoms with Crippen molar-refractivity contribution in [2.45, 2.75) is 13.3 Å². The van der Waals surface area contributed by atoms with E-state index in [2.05, 4.69) is 17.3 Å². The first-order chi connectivity index (χ1) is 5.24. The van der Waals surface area contributed by atoms with Gasteiger partial charge in [-0.05, 0) is 19.5 Å². The van der Waals surface area contributed by atoms with E-state index in [1.165, 1.54) is 11.3 Å². The van der Waals surface area contributed by atoms with E-state index in [1.807, 2.05) is 25.0 Å². The summed E-state index contributed by atoms with van der Waals surface area (Å²) in [6.07, 6.45) is 3.06. The van der Waals surface area contributed by atoms with Crippen molar-refractivity contribution in [2.24, 2.45) is 7.05 Å². The van der Waals surface area contributed by atoms with Gasteiger partial charge in [0.2, 0.25) is 0 Å². The lowest BCUT2D eigenvalue weighted by Gasteiger charge is -1.95. The second-order valence-electron chi connectivity index (χ2n) is 2.79. The minimum absolute atomic E-state index is 0.998. The second kappa shape index (κ2) is 3.53. The molecular formula is C8H15N3. The Bertz CT molecular complexity index is 227. The monoisotopic (exact) mass is 153 g/mol. The molecule has 0 aliphatic carbocycles. The third-order valence-electron chi connectivity index (χ3n) is 1.73. The molecular weight excluding hydrogens is 138 g/mol. The van der Waals surface area contributed by atoms with Crippen molar-refractivity contribution >= 4 is 0 Å². The molecule has 0 unspecified atom stereocenters. The summed E-state index contributed by atoms with van der Waals surface area (Å²) in [4.78, 5) is 0. The molecule has 3 nitrogen and oxygen atoms in total. The lowest BCUT2D eigenvalue weighted by atomic mass is 10.2. The number of rotatable bonds is 3. The van der Waals surface area contributed by atoms with Gasteiger partial charge in [-0.25, -0.2) is 0 Å². The molecule has 3 heteroatoms. The highest BCUT2D eigenvalue weighted by molar-refractivity contribution is 5.14. The smallest absolute Gasteiger partial charge is 0.0666 e. The van der Waals surface area contributed by atoms with Crippen LogP contribution in [0.3, 0.4) is 0 Å². The van der Waals surface area contributed by atoms with Gasteiger partial charge >= 0.3 is 0 Å². The third kappa shape index (κ3) is 2.05. The van der Waals surface area contributed by atoms with Crippen LogP contribution in [0.2, 0.25) is 0 Å². The Balaban J connectivity index is 2.62. The van der Waals surface area contributed by atoms with Crippen LogP contribution in [0, 0.1) is 6.92 Å². The van der Waals surface area contributed by atoms with Crippen LogP contribution in [0.25, 0.3) is 0 Å². The van der Waals surface area contributed by atoms with E-state index in [0.29, 0.717) is 0 Å². The Morgan fingerprint density at radius 3 is 2.82 bits per heavy atom. The summed E-state index contributed by atoms with van der Waals surface area (Å²) in [5, 5.41) is 7.43. The van der Waals surface area contributed by atoms with Crippen molar-refractivity contribution in [1.82, 2.24) is 15.1 Å². The summed E-state index contributed by atoms with van der Waals surface area (Å²) >= 11 is 0. The zero-order valence-electron chi connectivity index (χ0n) is 7.39. The number of nitrogens with zero attached hydrogens (tertiary/aromatic N) is 2. The Hall–Kier alpha value is -0.830.